The molecule has 0 spiro atoms. The molecular formula is C16H28N2O2. The van der Waals surface area contributed by atoms with Crippen molar-refractivity contribution < 1.29 is 9.47 Å². The maximum atomic E-state index is 5.60. The lowest BCUT2D eigenvalue weighted by Crippen LogP contribution is -2.26. The second kappa shape index (κ2) is 9.75. The van der Waals surface area contributed by atoms with Crippen LogP contribution >= 0.6 is 0 Å². The maximum Gasteiger partial charge on any atom is 0.123 e. The van der Waals surface area contributed by atoms with Crippen LogP contribution in [-0.4, -0.2) is 52.4 Å². The first-order valence-electron chi connectivity index (χ1n) is 7.27. The van der Waals surface area contributed by atoms with Crippen molar-refractivity contribution in [3.05, 3.63) is 29.8 Å². The molecule has 4 nitrogen and oxygen atoms in total. The number of nitrogens with zero attached hydrogens (tertiary/aromatic N) is 1. The highest BCUT2D eigenvalue weighted by atomic mass is 16.5. The smallest absolute Gasteiger partial charge is 0.123 e. The van der Waals surface area contributed by atoms with Crippen LogP contribution in [0.25, 0.3) is 0 Å². The third kappa shape index (κ3) is 5.90. The van der Waals surface area contributed by atoms with Crippen molar-refractivity contribution in [3.63, 3.8) is 0 Å². The van der Waals surface area contributed by atoms with E-state index < -0.39 is 0 Å². The molecule has 0 fully saturated rings. The number of hydrogen-bond donors (Lipinski definition) is 1. The minimum atomic E-state index is 0.309. The molecule has 0 saturated carbocycles. The first kappa shape index (κ1) is 17.0. The minimum absolute atomic E-state index is 0.309. The summed E-state index contributed by atoms with van der Waals surface area (Å²) in [4.78, 5) is 2.12. The average Bonchev–Trinajstić information content (AvgIpc) is 2.46. The summed E-state index contributed by atoms with van der Waals surface area (Å²) in [5.41, 5.74) is 1.21. The topological polar surface area (TPSA) is 33.7 Å². The number of methoxy groups -OCH3 is 1. The normalized spacial score (nSPS) is 12.7. The molecule has 0 aromatic heterocycles. The second-order valence-electron chi connectivity index (χ2n) is 5.07. The highest BCUT2D eigenvalue weighted by Gasteiger charge is 2.12. The molecule has 0 bridgehead atoms. The fourth-order valence-corrected chi connectivity index (χ4v) is 2.08. The molecule has 1 unspecified atom stereocenters. The third-order valence-corrected chi connectivity index (χ3v) is 3.24. The van der Waals surface area contributed by atoms with Crippen molar-refractivity contribution in [1.29, 1.82) is 0 Å². The predicted molar refractivity (Wildman–Crippen MR) is 83.4 cm³/mol. The molecule has 0 saturated heterocycles. The van der Waals surface area contributed by atoms with Crippen LogP contribution in [0.5, 0.6) is 5.75 Å². The van der Waals surface area contributed by atoms with E-state index in [0.717, 1.165) is 38.5 Å². The Balaban J connectivity index is 2.36. The van der Waals surface area contributed by atoms with Crippen molar-refractivity contribution in [3.8, 4) is 5.75 Å². The van der Waals surface area contributed by atoms with Gasteiger partial charge in [0.05, 0.1) is 20.3 Å². The highest BCUT2D eigenvalue weighted by molar-refractivity contribution is 5.35. The molecule has 1 aromatic carbocycles. The minimum Gasteiger partial charge on any atom is -0.496 e. The van der Waals surface area contributed by atoms with Crippen molar-refractivity contribution in [2.75, 3.05) is 47.5 Å². The Labute approximate surface area is 123 Å². The molecule has 1 atom stereocenters. The number of rotatable bonds is 10. The van der Waals surface area contributed by atoms with Gasteiger partial charge in [-0.25, -0.2) is 0 Å². The Hall–Kier alpha value is -1.10. The first-order valence-corrected chi connectivity index (χ1v) is 7.27. The van der Waals surface area contributed by atoms with Gasteiger partial charge >= 0.3 is 0 Å². The molecular weight excluding hydrogens is 252 g/mol. The molecule has 0 heterocycles. The summed E-state index contributed by atoms with van der Waals surface area (Å²) >= 11 is 0. The number of nitrogens with one attached hydrogen (secondary N) is 1. The Morgan fingerprint density at radius 1 is 1.20 bits per heavy atom. The number of likely N-dealkylation sites (N-methyl/N-ethyl adjacent to an activating group) is 1. The first-order chi connectivity index (χ1) is 9.69. The van der Waals surface area contributed by atoms with Crippen LogP contribution in [0.3, 0.4) is 0 Å². The van der Waals surface area contributed by atoms with Gasteiger partial charge in [-0.3, -0.25) is 0 Å². The zero-order valence-corrected chi connectivity index (χ0v) is 13.2. The molecule has 0 radical (unpaired) electrons. The molecule has 0 aliphatic rings. The average molecular weight is 280 g/mol. The molecule has 1 rings (SSSR count). The van der Waals surface area contributed by atoms with E-state index >= 15 is 0 Å². The van der Waals surface area contributed by atoms with Crippen LogP contribution in [0, 0.1) is 0 Å². The summed E-state index contributed by atoms with van der Waals surface area (Å²) in [6, 6.07) is 8.48. The van der Waals surface area contributed by atoms with E-state index in [1.165, 1.54) is 5.56 Å². The van der Waals surface area contributed by atoms with Gasteiger partial charge in [0.15, 0.2) is 0 Å². The van der Waals surface area contributed by atoms with E-state index in [1.807, 2.05) is 12.1 Å². The summed E-state index contributed by atoms with van der Waals surface area (Å²) in [6.07, 6.45) is 1.03. The van der Waals surface area contributed by atoms with Crippen molar-refractivity contribution in [1.82, 2.24) is 10.2 Å². The van der Waals surface area contributed by atoms with Gasteiger partial charge in [-0.15, -0.1) is 0 Å². The van der Waals surface area contributed by atoms with Crippen LogP contribution < -0.4 is 10.1 Å². The Kier molecular flexibility index (Phi) is 8.26. The zero-order valence-electron chi connectivity index (χ0n) is 13.2. The fraction of sp³-hybridized carbons (Fsp3) is 0.625. The second-order valence-corrected chi connectivity index (χ2v) is 5.07. The van der Waals surface area contributed by atoms with E-state index in [9.17, 15) is 0 Å². The molecule has 1 N–H and O–H groups in total. The van der Waals surface area contributed by atoms with Crippen molar-refractivity contribution in [2.45, 2.75) is 19.4 Å². The Morgan fingerprint density at radius 2 is 1.95 bits per heavy atom. The molecule has 0 aliphatic heterocycles. The molecule has 0 amide bonds. The maximum absolute atomic E-state index is 5.60. The standard InChI is InChI=1S/C16H28N2O2/c1-5-15(14-8-6-7-9-16(14)19-4)17-10-12-20-13-11-18(2)3/h6-9,15,17H,5,10-13H2,1-4H3. The largest absolute Gasteiger partial charge is 0.496 e. The number of hydrogen-bond acceptors (Lipinski definition) is 4. The SMILES string of the molecule is CCC(NCCOCCN(C)C)c1ccccc1OC. The van der Waals surface area contributed by atoms with Gasteiger partial charge in [0.1, 0.15) is 5.75 Å². The van der Waals surface area contributed by atoms with Crippen LogP contribution in [0.1, 0.15) is 24.9 Å². The third-order valence-electron chi connectivity index (χ3n) is 3.24. The van der Waals surface area contributed by atoms with Gasteiger partial charge in [0.25, 0.3) is 0 Å². The van der Waals surface area contributed by atoms with Crippen molar-refractivity contribution >= 4 is 0 Å². The zero-order chi connectivity index (χ0) is 14.8. The quantitative estimate of drug-likeness (QED) is 0.667. The van der Waals surface area contributed by atoms with E-state index in [4.69, 9.17) is 9.47 Å². The van der Waals surface area contributed by atoms with Gasteiger partial charge in [-0.05, 0) is 26.6 Å². The summed E-state index contributed by atoms with van der Waals surface area (Å²) in [6.45, 7) is 5.50. The lowest BCUT2D eigenvalue weighted by Gasteiger charge is -2.20. The molecule has 1 aromatic rings. The van der Waals surface area contributed by atoms with Gasteiger partial charge < -0.3 is 19.7 Å². The van der Waals surface area contributed by atoms with E-state index in [-0.39, 0.29) is 0 Å². The Bertz CT molecular complexity index is 369. The Morgan fingerprint density at radius 3 is 2.60 bits per heavy atom. The summed E-state index contributed by atoms with van der Waals surface area (Å²) in [5, 5.41) is 3.53. The lowest BCUT2D eigenvalue weighted by molar-refractivity contribution is 0.117. The summed E-state index contributed by atoms with van der Waals surface area (Å²) in [5.74, 6) is 0.945. The fourth-order valence-electron chi connectivity index (χ4n) is 2.08. The summed E-state index contributed by atoms with van der Waals surface area (Å²) in [7, 11) is 5.82. The van der Waals surface area contributed by atoms with Crippen LogP contribution in [0.2, 0.25) is 0 Å². The van der Waals surface area contributed by atoms with E-state index in [0.29, 0.717) is 6.04 Å². The summed E-state index contributed by atoms with van der Waals surface area (Å²) < 4.78 is 11.0. The lowest BCUT2D eigenvalue weighted by atomic mass is 10.0. The highest BCUT2D eigenvalue weighted by Crippen LogP contribution is 2.26. The number of benzene rings is 1. The number of ether oxygens (including phenoxy) is 2. The van der Waals surface area contributed by atoms with E-state index in [2.05, 4.69) is 43.4 Å². The monoisotopic (exact) mass is 280 g/mol. The predicted octanol–water partition coefficient (Wildman–Crippen LogP) is 2.31. The van der Waals surface area contributed by atoms with Crippen LogP contribution in [-0.2, 0) is 4.74 Å². The molecule has 0 aliphatic carbocycles. The van der Waals surface area contributed by atoms with Crippen LogP contribution in [0.4, 0.5) is 0 Å². The van der Waals surface area contributed by atoms with Crippen molar-refractivity contribution in [2.24, 2.45) is 0 Å². The molecule has 114 valence electrons. The molecule has 20 heavy (non-hydrogen) atoms. The van der Waals surface area contributed by atoms with Gasteiger partial charge in [0.2, 0.25) is 0 Å². The van der Waals surface area contributed by atoms with E-state index in [1.54, 1.807) is 7.11 Å². The number of para-hydroxylation sites is 1. The van der Waals surface area contributed by atoms with Gasteiger partial charge in [-0.1, -0.05) is 25.1 Å². The van der Waals surface area contributed by atoms with Gasteiger partial charge in [0, 0.05) is 24.7 Å². The molecule has 4 heteroatoms. The van der Waals surface area contributed by atoms with Crippen LogP contribution in [0.15, 0.2) is 24.3 Å². The van der Waals surface area contributed by atoms with Gasteiger partial charge in [-0.2, -0.15) is 0 Å².